The molecule has 1 aromatic carbocycles. The molecule has 6 heteroatoms. The number of nitrogens with zero attached hydrogens (tertiary/aromatic N) is 3. The molecule has 0 atom stereocenters. The summed E-state index contributed by atoms with van der Waals surface area (Å²) < 4.78 is 1.91. The lowest BCUT2D eigenvalue weighted by Crippen LogP contribution is -2.48. The second-order valence-corrected chi connectivity index (χ2v) is 8.24. The molecule has 1 saturated heterocycles. The Kier molecular flexibility index (Phi) is 5.34. The maximum Gasteiger partial charge on any atom is 0.272 e. The van der Waals surface area contributed by atoms with Crippen molar-refractivity contribution in [3.8, 4) is 0 Å². The minimum atomic E-state index is -0.682. The van der Waals surface area contributed by atoms with Crippen molar-refractivity contribution in [2.45, 2.75) is 58.2 Å². The second-order valence-electron chi connectivity index (χ2n) is 8.24. The zero-order valence-electron chi connectivity index (χ0n) is 16.2. The molecule has 2 N–H and O–H groups in total. The lowest BCUT2D eigenvalue weighted by Gasteiger charge is -2.35. The van der Waals surface area contributed by atoms with Gasteiger partial charge in [0.05, 0.1) is 11.1 Å². The van der Waals surface area contributed by atoms with E-state index in [9.17, 15) is 9.90 Å². The van der Waals surface area contributed by atoms with Crippen LogP contribution in [0.4, 0.5) is 0 Å². The van der Waals surface area contributed by atoms with Gasteiger partial charge in [0.2, 0.25) is 0 Å². The number of β-amino-alcohol motifs (C(OH)–C–C–N with tert-alkyl or cyclic N) is 1. The Morgan fingerprint density at radius 3 is 2.58 bits per heavy atom. The number of amides is 1. The zero-order valence-corrected chi connectivity index (χ0v) is 16.2. The van der Waals surface area contributed by atoms with Crippen molar-refractivity contribution in [3.63, 3.8) is 0 Å². The highest BCUT2D eigenvalue weighted by Gasteiger charge is 2.26. The number of carbonyl (C=O) groups excluding carboxylic acids is 1. The van der Waals surface area contributed by atoms with Crippen molar-refractivity contribution in [1.82, 2.24) is 20.0 Å². The Morgan fingerprint density at radius 2 is 1.96 bits per heavy atom. The Balaban J connectivity index is 1.67. The number of likely N-dealkylation sites (tertiary alicyclic amines) is 1. The number of rotatable bonds is 5. The van der Waals surface area contributed by atoms with Crippen LogP contribution < -0.4 is 5.32 Å². The molecule has 6 nitrogen and oxygen atoms in total. The van der Waals surface area contributed by atoms with E-state index < -0.39 is 5.60 Å². The monoisotopic (exact) mass is 358 g/mol. The predicted molar refractivity (Wildman–Crippen MR) is 103 cm³/mol. The molecule has 0 spiro atoms. The Morgan fingerprint density at radius 1 is 1.31 bits per heavy atom. The molecule has 1 amide bonds. The van der Waals surface area contributed by atoms with Gasteiger partial charge >= 0.3 is 0 Å². The zero-order chi connectivity index (χ0) is 18.9. The van der Waals surface area contributed by atoms with Crippen LogP contribution in [0.25, 0.3) is 10.9 Å². The molecule has 2 heterocycles. The maximum atomic E-state index is 12.8. The van der Waals surface area contributed by atoms with Crippen LogP contribution in [0.1, 0.15) is 57.1 Å². The molecule has 3 rings (SSSR count). The summed E-state index contributed by atoms with van der Waals surface area (Å²) in [6.07, 6.45) is 1.79. The molecule has 0 radical (unpaired) electrons. The average molecular weight is 358 g/mol. The number of nitrogens with one attached hydrogen (secondary N) is 1. The summed E-state index contributed by atoms with van der Waals surface area (Å²) in [6, 6.07) is 8.25. The van der Waals surface area contributed by atoms with Gasteiger partial charge in [-0.05, 0) is 46.6 Å². The van der Waals surface area contributed by atoms with Crippen molar-refractivity contribution < 1.29 is 9.90 Å². The SMILES string of the molecule is CC(C)n1nc(C(=O)NC2CCN(CC(C)(C)O)CC2)c2ccccc21. The number of hydrogen-bond acceptors (Lipinski definition) is 4. The fourth-order valence-electron chi connectivity index (χ4n) is 3.69. The van der Waals surface area contributed by atoms with Crippen molar-refractivity contribution in [2.24, 2.45) is 0 Å². The van der Waals surface area contributed by atoms with Gasteiger partial charge in [0, 0.05) is 37.1 Å². The van der Waals surface area contributed by atoms with E-state index in [1.165, 1.54) is 0 Å². The highest BCUT2D eigenvalue weighted by Crippen LogP contribution is 2.22. The van der Waals surface area contributed by atoms with E-state index in [4.69, 9.17) is 0 Å². The first kappa shape index (κ1) is 18.9. The van der Waals surface area contributed by atoms with Gasteiger partial charge in [-0.15, -0.1) is 0 Å². The first-order valence-electron chi connectivity index (χ1n) is 9.47. The summed E-state index contributed by atoms with van der Waals surface area (Å²) in [5, 5.41) is 18.6. The van der Waals surface area contributed by atoms with E-state index in [-0.39, 0.29) is 18.0 Å². The van der Waals surface area contributed by atoms with E-state index >= 15 is 0 Å². The van der Waals surface area contributed by atoms with E-state index in [1.807, 2.05) is 42.8 Å². The van der Waals surface area contributed by atoms with Crippen molar-refractivity contribution in [3.05, 3.63) is 30.0 Å². The van der Waals surface area contributed by atoms with Crippen LogP contribution in [0.5, 0.6) is 0 Å². The van der Waals surface area contributed by atoms with Crippen LogP contribution >= 0.6 is 0 Å². The van der Waals surface area contributed by atoms with Crippen LogP contribution in [0, 0.1) is 0 Å². The Bertz CT molecular complexity index is 768. The highest BCUT2D eigenvalue weighted by atomic mass is 16.3. The van der Waals surface area contributed by atoms with E-state index in [1.54, 1.807) is 0 Å². The van der Waals surface area contributed by atoms with Crippen LogP contribution in [0.15, 0.2) is 24.3 Å². The summed E-state index contributed by atoms with van der Waals surface area (Å²) >= 11 is 0. The van der Waals surface area contributed by atoms with Gasteiger partial charge in [-0.1, -0.05) is 18.2 Å². The summed E-state index contributed by atoms with van der Waals surface area (Å²) in [4.78, 5) is 15.1. The fraction of sp³-hybridized carbons (Fsp3) is 0.600. The largest absolute Gasteiger partial charge is 0.389 e. The van der Waals surface area contributed by atoms with Crippen molar-refractivity contribution in [2.75, 3.05) is 19.6 Å². The first-order chi connectivity index (χ1) is 12.2. The fourth-order valence-corrected chi connectivity index (χ4v) is 3.69. The molecule has 0 saturated carbocycles. The van der Waals surface area contributed by atoms with Crippen molar-refractivity contribution >= 4 is 16.8 Å². The first-order valence-corrected chi connectivity index (χ1v) is 9.47. The summed E-state index contributed by atoms with van der Waals surface area (Å²) in [6.45, 7) is 10.2. The molecule has 2 aromatic rings. The standard InChI is InChI=1S/C20H30N4O2/c1-14(2)24-17-8-6-5-7-16(17)18(22-24)19(25)21-15-9-11-23(12-10-15)13-20(3,4)26/h5-8,14-15,26H,9-13H2,1-4H3,(H,21,25). The number of para-hydroxylation sites is 1. The smallest absolute Gasteiger partial charge is 0.272 e. The number of benzene rings is 1. The van der Waals surface area contributed by atoms with E-state index in [0.29, 0.717) is 12.2 Å². The topological polar surface area (TPSA) is 70.4 Å². The molecule has 1 fully saturated rings. The van der Waals surface area contributed by atoms with Gasteiger partial charge in [-0.2, -0.15) is 5.10 Å². The minimum Gasteiger partial charge on any atom is -0.389 e. The van der Waals surface area contributed by atoms with Crippen LogP contribution in [0.2, 0.25) is 0 Å². The number of piperidine rings is 1. The molecule has 0 aliphatic carbocycles. The van der Waals surface area contributed by atoms with Crippen LogP contribution in [-0.2, 0) is 0 Å². The lowest BCUT2D eigenvalue weighted by molar-refractivity contribution is 0.0267. The summed E-state index contributed by atoms with van der Waals surface area (Å²) in [5.41, 5.74) is 0.819. The molecule has 1 aromatic heterocycles. The van der Waals surface area contributed by atoms with Gasteiger partial charge in [0.25, 0.3) is 5.91 Å². The van der Waals surface area contributed by atoms with Crippen LogP contribution in [-0.4, -0.2) is 57.0 Å². The number of carbonyl (C=O) groups is 1. The van der Waals surface area contributed by atoms with Crippen molar-refractivity contribution in [1.29, 1.82) is 0 Å². The van der Waals surface area contributed by atoms with Gasteiger partial charge in [-0.3, -0.25) is 9.48 Å². The minimum absolute atomic E-state index is 0.0958. The molecule has 1 aliphatic rings. The molecular weight excluding hydrogens is 328 g/mol. The number of fused-ring (bicyclic) bond motifs is 1. The quantitative estimate of drug-likeness (QED) is 0.862. The number of aliphatic hydroxyl groups is 1. The van der Waals surface area contributed by atoms with Gasteiger partial charge < -0.3 is 15.3 Å². The van der Waals surface area contributed by atoms with E-state index in [0.717, 1.165) is 36.8 Å². The molecular formula is C20H30N4O2. The van der Waals surface area contributed by atoms with Crippen LogP contribution in [0.3, 0.4) is 0 Å². The predicted octanol–water partition coefficient (Wildman–Crippen LogP) is 2.58. The molecule has 1 aliphatic heterocycles. The third-order valence-electron chi connectivity index (χ3n) is 4.85. The molecule has 26 heavy (non-hydrogen) atoms. The van der Waals surface area contributed by atoms with Gasteiger partial charge in [-0.25, -0.2) is 0 Å². The number of aromatic nitrogens is 2. The Labute approximate surface area is 155 Å². The lowest BCUT2D eigenvalue weighted by atomic mass is 10.0. The second kappa shape index (κ2) is 7.37. The average Bonchev–Trinajstić information content (AvgIpc) is 2.95. The molecule has 0 unspecified atom stereocenters. The third kappa shape index (κ3) is 4.24. The summed E-state index contributed by atoms with van der Waals surface area (Å²) in [5.74, 6) is -0.0958. The molecule has 142 valence electrons. The van der Waals surface area contributed by atoms with E-state index in [2.05, 4.69) is 29.2 Å². The maximum absolute atomic E-state index is 12.8. The highest BCUT2D eigenvalue weighted by molar-refractivity contribution is 6.05. The normalized spacial score (nSPS) is 17.2. The van der Waals surface area contributed by atoms with Gasteiger partial charge in [0.1, 0.15) is 0 Å². The summed E-state index contributed by atoms with van der Waals surface area (Å²) in [7, 11) is 0. The Hall–Kier alpha value is -1.92. The van der Waals surface area contributed by atoms with Gasteiger partial charge in [0.15, 0.2) is 5.69 Å². The third-order valence-corrected chi connectivity index (χ3v) is 4.85. The number of hydrogen-bond donors (Lipinski definition) is 2. The molecule has 0 bridgehead atoms.